The number of nitrogens with two attached hydrogens (primary N) is 1. The number of aromatic nitrogens is 2. The topological polar surface area (TPSA) is 81.3 Å². The lowest BCUT2D eigenvalue weighted by molar-refractivity contribution is -0.147. The minimum Gasteiger partial charge on any atom is -0.469 e. The zero-order valence-electron chi connectivity index (χ0n) is 14.6. The highest BCUT2D eigenvalue weighted by atomic mass is 32.1. The lowest BCUT2D eigenvalue weighted by Gasteiger charge is -2.29. The number of anilines is 1. The molecule has 2 aliphatic rings. The molecule has 4 rings (SSSR count). The molecule has 2 N–H and O–H groups in total. The maximum atomic E-state index is 11.6. The van der Waals surface area contributed by atoms with E-state index < -0.39 is 0 Å². The van der Waals surface area contributed by atoms with Crippen molar-refractivity contribution >= 4 is 33.3 Å². The van der Waals surface area contributed by atoms with Gasteiger partial charge in [-0.15, -0.1) is 11.3 Å². The van der Waals surface area contributed by atoms with Crippen LogP contribution < -0.4 is 5.73 Å². The molecular weight excluding hydrogens is 336 g/mol. The molecule has 1 aliphatic carbocycles. The first-order valence-electron chi connectivity index (χ1n) is 9.02. The van der Waals surface area contributed by atoms with Crippen molar-refractivity contribution in [2.75, 3.05) is 25.9 Å². The Kier molecular flexibility index (Phi) is 4.60. The molecule has 1 saturated heterocycles. The molecule has 25 heavy (non-hydrogen) atoms. The van der Waals surface area contributed by atoms with Gasteiger partial charge in [-0.1, -0.05) is 0 Å². The summed E-state index contributed by atoms with van der Waals surface area (Å²) >= 11 is 1.79. The average molecular weight is 360 g/mol. The zero-order chi connectivity index (χ0) is 17.4. The first kappa shape index (κ1) is 16.7. The molecule has 2 aromatic heterocycles. The van der Waals surface area contributed by atoms with E-state index in [0.29, 0.717) is 12.4 Å². The molecular formula is C18H24N4O2S. The molecule has 0 unspecified atom stereocenters. The van der Waals surface area contributed by atoms with Crippen molar-refractivity contribution in [2.24, 2.45) is 5.92 Å². The highest BCUT2D eigenvalue weighted by Gasteiger charge is 2.26. The van der Waals surface area contributed by atoms with Crippen molar-refractivity contribution < 1.29 is 9.53 Å². The number of esters is 1. The third kappa shape index (κ3) is 3.22. The standard InChI is InChI=1S/C18H24N4O2S/c1-24-18(23)11-6-8-22(9-7-11)10-14-20-16(19)15-12-4-2-3-5-13(12)25-17(15)21-14/h11H,2-10H2,1H3,(H2,19,20,21). The van der Waals surface area contributed by atoms with E-state index in [1.54, 1.807) is 11.3 Å². The minimum atomic E-state index is -0.0919. The van der Waals surface area contributed by atoms with Gasteiger partial charge >= 0.3 is 5.97 Å². The first-order valence-corrected chi connectivity index (χ1v) is 9.84. The van der Waals surface area contributed by atoms with E-state index >= 15 is 0 Å². The number of likely N-dealkylation sites (tertiary alicyclic amines) is 1. The number of rotatable bonds is 3. The molecule has 3 heterocycles. The molecule has 134 valence electrons. The fraction of sp³-hybridized carbons (Fsp3) is 0.611. The number of nitrogens with zero attached hydrogens (tertiary/aromatic N) is 3. The summed E-state index contributed by atoms with van der Waals surface area (Å²) in [5.74, 6) is 1.36. The largest absolute Gasteiger partial charge is 0.469 e. The molecule has 0 radical (unpaired) electrons. The molecule has 0 saturated carbocycles. The van der Waals surface area contributed by atoms with E-state index in [4.69, 9.17) is 15.5 Å². The van der Waals surface area contributed by atoms with Gasteiger partial charge in [0.1, 0.15) is 16.5 Å². The van der Waals surface area contributed by atoms with Crippen LogP contribution in [-0.2, 0) is 28.9 Å². The number of carbonyl (C=O) groups is 1. The highest BCUT2D eigenvalue weighted by Crippen LogP contribution is 2.37. The normalized spacial score (nSPS) is 19.1. The number of hydrogen-bond acceptors (Lipinski definition) is 7. The van der Waals surface area contributed by atoms with Gasteiger partial charge in [-0.05, 0) is 57.2 Å². The summed E-state index contributed by atoms with van der Waals surface area (Å²) in [5, 5.41) is 1.09. The maximum absolute atomic E-state index is 11.6. The van der Waals surface area contributed by atoms with Crippen LogP contribution in [0.15, 0.2) is 0 Å². The van der Waals surface area contributed by atoms with Gasteiger partial charge in [0.15, 0.2) is 0 Å². The van der Waals surface area contributed by atoms with Crippen LogP contribution in [0.5, 0.6) is 0 Å². The summed E-state index contributed by atoms with van der Waals surface area (Å²) in [7, 11) is 1.46. The van der Waals surface area contributed by atoms with Crippen molar-refractivity contribution in [1.82, 2.24) is 14.9 Å². The molecule has 0 atom stereocenters. The van der Waals surface area contributed by atoms with Crippen molar-refractivity contribution in [3.05, 3.63) is 16.3 Å². The molecule has 0 spiro atoms. The number of hydrogen-bond donors (Lipinski definition) is 1. The van der Waals surface area contributed by atoms with Crippen LogP contribution in [0, 0.1) is 5.92 Å². The van der Waals surface area contributed by atoms with Gasteiger partial charge in [-0.3, -0.25) is 9.69 Å². The monoisotopic (exact) mass is 360 g/mol. The predicted molar refractivity (Wildman–Crippen MR) is 98.5 cm³/mol. The van der Waals surface area contributed by atoms with E-state index in [-0.39, 0.29) is 11.9 Å². The average Bonchev–Trinajstić information content (AvgIpc) is 3.00. The van der Waals surface area contributed by atoms with Crippen LogP contribution in [-0.4, -0.2) is 41.0 Å². The third-order valence-electron chi connectivity index (χ3n) is 5.38. The zero-order valence-corrected chi connectivity index (χ0v) is 15.4. The third-order valence-corrected chi connectivity index (χ3v) is 6.56. The Morgan fingerprint density at radius 2 is 2.04 bits per heavy atom. The summed E-state index contributed by atoms with van der Waals surface area (Å²) in [4.78, 5) is 25.8. The van der Waals surface area contributed by atoms with Gasteiger partial charge in [0.25, 0.3) is 0 Å². The Morgan fingerprint density at radius 3 is 2.80 bits per heavy atom. The van der Waals surface area contributed by atoms with Crippen molar-refractivity contribution in [2.45, 2.75) is 45.1 Å². The molecule has 2 aromatic rings. The molecule has 1 fully saturated rings. The van der Waals surface area contributed by atoms with Crippen LogP contribution in [0.2, 0.25) is 0 Å². The van der Waals surface area contributed by atoms with Gasteiger partial charge in [-0.2, -0.15) is 0 Å². The Labute approximate surface area is 151 Å². The Hall–Kier alpha value is -1.73. The van der Waals surface area contributed by atoms with Crippen LogP contribution in [0.4, 0.5) is 5.82 Å². The van der Waals surface area contributed by atoms with Gasteiger partial charge < -0.3 is 10.5 Å². The second-order valence-corrected chi connectivity index (χ2v) is 8.07. The van der Waals surface area contributed by atoms with E-state index in [0.717, 1.165) is 54.8 Å². The van der Waals surface area contributed by atoms with Gasteiger partial charge in [0.05, 0.1) is 25.0 Å². The van der Waals surface area contributed by atoms with Gasteiger partial charge in [-0.25, -0.2) is 9.97 Å². The summed E-state index contributed by atoms with van der Waals surface area (Å²) in [6, 6.07) is 0. The molecule has 0 bridgehead atoms. The highest BCUT2D eigenvalue weighted by molar-refractivity contribution is 7.19. The fourth-order valence-corrected chi connectivity index (χ4v) is 5.28. The molecule has 6 nitrogen and oxygen atoms in total. The second kappa shape index (κ2) is 6.88. The van der Waals surface area contributed by atoms with E-state index in [1.807, 2.05) is 0 Å². The summed E-state index contributed by atoms with van der Waals surface area (Å²) in [5.41, 5.74) is 7.67. The molecule has 0 aromatic carbocycles. The van der Waals surface area contributed by atoms with Crippen molar-refractivity contribution in [3.63, 3.8) is 0 Å². The molecule has 0 amide bonds. The number of ether oxygens (including phenoxy) is 1. The SMILES string of the molecule is COC(=O)C1CCN(Cc2nc(N)c3c4c(sc3n2)CCCC4)CC1. The number of fused-ring (bicyclic) bond motifs is 3. The van der Waals surface area contributed by atoms with Crippen LogP contribution >= 0.6 is 11.3 Å². The molecule has 1 aliphatic heterocycles. The second-order valence-electron chi connectivity index (χ2n) is 6.99. The Morgan fingerprint density at radius 1 is 1.28 bits per heavy atom. The number of methoxy groups -OCH3 is 1. The number of nitrogen functional groups attached to an aromatic ring is 1. The Balaban J connectivity index is 1.50. The summed E-state index contributed by atoms with van der Waals surface area (Å²) in [6.07, 6.45) is 6.40. The van der Waals surface area contributed by atoms with Gasteiger partial charge in [0.2, 0.25) is 0 Å². The first-order chi connectivity index (χ1) is 12.2. The predicted octanol–water partition coefficient (Wildman–Crippen LogP) is 2.54. The fourth-order valence-electron chi connectivity index (χ4n) is 4.00. The van der Waals surface area contributed by atoms with Gasteiger partial charge in [0, 0.05) is 4.88 Å². The van der Waals surface area contributed by atoms with Crippen molar-refractivity contribution in [1.29, 1.82) is 0 Å². The van der Waals surface area contributed by atoms with E-state index in [9.17, 15) is 4.79 Å². The lowest BCUT2D eigenvalue weighted by atomic mass is 9.97. The van der Waals surface area contributed by atoms with E-state index in [1.165, 1.54) is 30.4 Å². The number of carbonyl (C=O) groups excluding carboxylic acids is 1. The maximum Gasteiger partial charge on any atom is 0.308 e. The minimum absolute atomic E-state index is 0.0266. The summed E-state index contributed by atoms with van der Waals surface area (Å²) < 4.78 is 4.85. The van der Waals surface area contributed by atoms with Crippen LogP contribution in [0.1, 0.15) is 41.9 Å². The lowest BCUT2D eigenvalue weighted by Crippen LogP contribution is -2.36. The van der Waals surface area contributed by atoms with Crippen LogP contribution in [0.25, 0.3) is 10.2 Å². The number of thiophene rings is 1. The smallest absolute Gasteiger partial charge is 0.308 e. The van der Waals surface area contributed by atoms with Crippen LogP contribution in [0.3, 0.4) is 0 Å². The van der Waals surface area contributed by atoms with Crippen molar-refractivity contribution in [3.8, 4) is 0 Å². The summed E-state index contributed by atoms with van der Waals surface area (Å²) in [6.45, 7) is 2.42. The number of piperidine rings is 1. The Bertz CT molecular complexity index is 796. The van der Waals surface area contributed by atoms with E-state index in [2.05, 4.69) is 9.88 Å². The quantitative estimate of drug-likeness (QED) is 0.847. The number of aryl methyl sites for hydroxylation is 2. The molecule has 7 heteroatoms.